The van der Waals surface area contributed by atoms with E-state index in [4.69, 9.17) is 0 Å². The normalized spacial score (nSPS) is 11.6. The van der Waals surface area contributed by atoms with Crippen LogP contribution in [0.3, 0.4) is 0 Å². The molecule has 128 valence electrons. The maximum Gasteiger partial charge on any atom is 0.416 e. The highest BCUT2D eigenvalue weighted by molar-refractivity contribution is 7.99. The fourth-order valence-corrected chi connectivity index (χ4v) is 3.36. The number of aromatic amines is 1. The van der Waals surface area contributed by atoms with Crippen LogP contribution in [0.2, 0.25) is 0 Å². The number of halogens is 3. The number of pyridine rings is 1. The molecule has 25 heavy (non-hydrogen) atoms. The SMILES string of the molecule is O=c1cc(Sc2cccc(C(F)(F)F)c2)c2cccc([N+](=O)[O-])c2[nH]1. The molecule has 0 aliphatic heterocycles. The highest BCUT2D eigenvalue weighted by Crippen LogP contribution is 2.37. The van der Waals surface area contributed by atoms with Gasteiger partial charge in [0, 0.05) is 27.3 Å². The van der Waals surface area contributed by atoms with Crippen LogP contribution in [0.1, 0.15) is 5.56 Å². The average molecular weight is 366 g/mol. The van der Waals surface area contributed by atoms with Crippen molar-refractivity contribution >= 4 is 28.4 Å². The Morgan fingerprint density at radius 1 is 1.08 bits per heavy atom. The van der Waals surface area contributed by atoms with Crippen LogP contribution in [0.25, 0.3) is 10.9 Å². The first-order valence-corrected chi connectivity index (χ1v) is 7.73. The number of non-ortho nitro benzene ring substituents is 1. The molecule has 2 aromatic carbocycles. The molecule has 1 aromatic heterocycles. The van der Waals surface area contributed by atoms with Crippen molar-refractivity contribution in [3.8, 4) is 0 Å². The van der Waals surface area contributed by atoms with Crippen molar-refractivity contribution < 1.29 is 18.1 Å². The number of hydrogen-bond donors (Lipinski definition) is 1. The zero-order valence-electron chi connectivity index (χ0n) is 12.3. The molecule has 0 bridgehead atoms. The molecule has 0 atom stereocenters. The van der Waals surface area contributed by atoms with Gasteiger partial charge in [-0.3, -0.25) is 14.9 Å². The first-order valence-electron chi connectivity index (χ1n) is 6.91. The van der Waals surface area contributed by atoms with Gasteiger partial charge in [-0.05, 0) is 18.2 Å². The number of nitro groups is 1. The number of benzene rings is 2. The minimum atomic E-state index is -4.48. The van der Waals surface area contributed by atoms with Gasteiger partial charge in [-0.25, -0.2) is 0 Å². The van der Waals surface area contributed by atoms with Crippen LogP contribution in [0.4, 0.5) is 18.9 Å². The topological polar surface area (TPSA) is 76.0 Å². The van der Waals surface area contributed by atoms with E-state index in [1.165, 1.54) is 30.3 Å². The van der Waals surface area contributed by atoms with Gasteiger partial charge in [0.05, 0.1) is 10.5 Å². The van der Waals surface area contributed by atoms with E-state index in [1.54, 1.807) is 6.07 Å². The third-order valence-corrected chi connectivity index (χ3v) is 4.45. The second kappa shape index (κ2) is 6.25. The smallest absolute Gasteiger partial charge is 0.316 e. The lowest BCUT2D eigenvalue weighted by Crippen LogP contribution is -2.06. The second-order valence-electron chi connectivity index (χ2n) is 5.08. The minimum absolute atomic E-state index is 0.0366. The van der Waals surface area contributed by atoms with Crippen molar-refractivity contribution in [3.63, 3.8) is 0 Å². The molecule has 0 fully saturated rings. The molecule has 0 amide bonds. The van der Waals surface area contributed by atoms with Crippen molar-refractivity contribution in [1.82, 2.24) is 4.98 Å². The van der Waals surface area contributed by atoms with Crippen LogP contribution in [-0.4, -0.2) is 9.91 Å². The van der Waals surface area contributed by atoms with Crippen LogP contribution in [0, 0.1) is 10.1 Å². The summed E-state index contributed by atoms with van der Waals surface area (Å²) in [6.45, 7) is 0. The van der Waals surface area contributed by atoms with Crippen molar-refractivity contribution in [1.29, 1.82) is 0 Å². The van der Waals surface area contributed by atoms with Gasteiger partial charge in [0.1, 0.15) is 5.52 Å². The van der Waals surface area contributed by atoms with E-state index < -0.39 is 22.2 Å². The number of alkyl halides is 3. The summed E-state index contributed by atoms with van der Waals surface area (Å²) in [5, 5.41) is 11.5. The molecule has 0 spiro atoms. The summed E-state index contributed by atoms with van der Waals surface area (Å²) < 4.78 is 38.5. The monoisotopic (exact) mass is 366 g/mol. The highest BCUT2D eigenvalue weighted by atomic mass is 32.2. The first-order chi connectivity index (χ1) is 11.8. The fourth-order valence-electron chi connectivity index (χ4n) is 2.33. The Morgan fingerprint density at radius 3 is 2.48 bits per heavy atom. The summed E-state index contributed by atoms with van der Waals surface area (Å²) in [7, 11) is 0. The van der Waals surface area contributed by atoms with E-state index in [9.17, 15) is 28.1 Å². The molecule has 3 rings (SSSR count). The third kappa shape index (κ3) is 3.50. The molecule has 1 heterocycles. The number of nitro benzene ring substituents is 1. The second-order valence-corrected chi connectivity index (χ2v) is 6.20. The summed E-state index contributed by atoms with van der Waals surface area (Å²) in [6.07, 6.45) is -4.48. The number of nitrogens with zero attached hydrogens (tertiary/aromatic N) is 1. The van der Waals surface area contributed by atoms with Gasteiger partial charge in [-0.15, -0.1) is 0 Å². The Labute approximate surface area is 142 Å². The lowest BCUT2D eigenvalue weighted by molar-refractivity contribution is -0.383. The largest absolute Gasteiger partial charge is 0.416 e. The molecular formula is C16H9F3N2O3S. The molecule has 5 nitrogen and oxygen atoms in total. The van der Waals surface area contributed by atoms with Gasteiger partial charge in [-0.2, -0.15) is 13.2 Å². The predicted molar refractivity (Wildman–Crippen MR) is 86.8 cm³/mol. The Morgan fingerprint density at radius 2 is 1.80 bits per heavy atom. The van der Waals surface area contributed by atoms with Crippen LogP contribution in [0.15, 0.2) is 63.1 Å². The molecule has 3 aromatic rings. The number of hydrogen-bond acceptors (Lipinski definition) is 4. The number of fused-ring (bicyclic) bond motifs is 1. The Hall–Kier alpha value is -2.81. The van der Waals surface area contributed by atoms with Crippen LogP contribution in [-0.2, 0) is 6.18 Å². The van der Waals surface area contributed by atoms with E-state index in [2.05, 4.69) is 4.98 Å². The van der Waals surface area contributed by atoms with Gasteiger partial charge < -0.3 is 4.98 Å². The summed E-state index contributed by atoms with van der Waals surface area (Å²) in [4.78, 5) is 25.3. The molecular weight excluding hydrogens is 357 g/mol. The predicted octanol–water partition coefficient (Wildman–Crippen LogP) is 4.61. The molecule has 1 N–H and O–H groups in total. The number of H-pyrrole nitrogens is 1. The van der Waals surface area contributed by atoms with Crippen LogP contribution in [0.5, 0.6) is 0 Å². The maximum absolute atomic E-state index is 12.8. The van der Waals surface area contributed by atoms with Crippen LogP contribution < -0.4 is 5.56 Å². The number of nitrogens with one attached hydrogen (secondary N) is 1. The molecule has 0 aliphatic rings. The van der Waals surface area contributed by atoms with E-state index >= 15 is 0 Å². The highest BCUT2D eigenvalue weighted by Gasteiger charge is 2.30. The first kappa shape index (κ1) is 17.0. The molecule has 0 saturated heterocycles. The third-order valence-electron chi connectivity index (χ3n) is 3.40. The van der Waals surface area contributed by atoms with E-state index in [0.717, 1.165) is 23.9 Å². The standard InChI is InChI=1S/C16H9F3N2O3S/c17-16(18,19)9-3-1-4-10(7-9)25-13-8-14(22)20-15-11(13)5-2-6-12(15)21(23)24/h1-8H,(H,20,22). The van der Waals surface area contributed by atoms with Gasteiger partial charge in [0.25, 0.3) is 5.69 Å². The Bertz CT molecular complexity index is 1030. The minimum Gasteiger partial charge on any atom is -0.316 e. The van der Waals surface area contributed by atoms with E-state index in [-0.39, 0.29) is 16.1 Å². The zero-order chi connectivity index (χ0) is 18.2. The van der Waals surface area contributed by atoms with Gasteiger partial charge in [-0.1, -0.05) is 30.0 Å². The number of rotatable bonds is 3. The van der Waals surface area contributed by atoms with Gasteiger partial charge >= 0.3 is 6.18 Å². The molecule has 0 unspecified atom stereocenters. The Kier molecular flexibility index (Phi) is 4.25. The van der Waals surface area contributed by atoms with E-state index in [0.29, 0.717) is 10.3 Å². The van der Waals surface area contributed by atoms with Crippen molar-refractivity contribution in [3.05, 3.63) is 74.6 Å². The number of aromatic nitrogens is 1. The van der Waals surface area contributed by atoms with Crippen LogP contribution >= 0.6 is 11.8 Å². The molecule has 9 heteroatoms. The average Bonchev–Trinajstić information content (AvgIpc) is 2.53. The quantitative estimate of drug-likeness (QED) is 0.543. The molecule has 0 saturated carbocycles. The summed E-state index contributed by atoms with van der Waals surface area (Å²) in [5.41, 5.74) is -1.62. The van der Waals surface area contributed by atoms with Crippen molar-refractivity contribution in [2.45, 2.75) is 16.0 Å². The zero-order valence-corrected chi connectivity index (χ0v) is 13.1. The lowest BCUT2D eigenvalue weighted by atomic mass is 10.2. The van der Waals surface area contributed by atoms with Gasteiger partial charge in [0.15, 0.2) is 0 Å². The van der Waals surface area contributed by atoms with Gasteiger partial charge in [0.2, 0.25) is 5.56 Å². The van der Waals surface area contributed by atoms with Crippen molar-refractivity contribution in [2.24, 2.45) is 0 Å². The van der Waals surface area contributed by atoms with Crippen molar-refractivity contribution in [2.75, 3.05) is 0 Å². The van der Waals surface area contributed by atoms with E-state index in [1.807, 2.05) is 0 Å². The molecule has 0 radical (unpaired) electrons. The molecule has 0 aliphatic carbocycles. The summed E-state index contributed by atoms with van der Waals surface area (Å²) in [6, 6.07) is 10.1. The summed E-state index contributed by atoms with van der Waals surface area (Å²) in [5.74, 6) is 0. The number of para-hydroxylation sites is 1. The lowest BCUT2D eigenvalue weighted by Gasteiger charge is -2.09. The maximum atomic E-state index is 12.8. The summed E-state index contributed by atoms with van der Waals surface area (Å²) >= 11 is 0.939. The Balaban J connectivity index is 2.13. The fraction of sp³-hybridized carbons (Fsp3) is 0.0625.